The molecule has 0 bridgehead atoms. The van der Waals surface area contributed by atoms with Gasteiger partial charge in [0.25, 0.3) is 0 Å². The summed E-state index contributed by atoms with van der Waals surface area (Å²) in [6, 6.07) is 12.8. The van der Waals surface area contributed by atoms with Crippen LogP contribution in [-0.4, -0.2) is 16.1 Å². The Bertz CT molecular complexity index is 764. The average Bonchev–Trinajstić information content (AvgIpc) is 3.05. The second kappa shape index (κ2) is 5.22. The van der Waals surface area contributed by atoms with Crippen molar-refractivity contribution in [3.8, 4) is 22.0 Å². The fraction of sp³-hybridized carbons (Fsp3) is 0. The van der Waals surface area contributed by atoms with Crippen LogP contribution in [0.1, 0.15) is 9.67 Å². The van der Waals surface area contributed by atoms with Gasteiger partial charge in [-0.25, -0.2) is 9.78 Å². The lowest BCUT2D eigenvalue weighted by molar-refractivity contribution is 0.0702. The zero-order valence-corrected chi connectivity index (χ0v) is 12.4. The van der Waals surface area contributed by atoms with E-state index in [0.717, 1.165) is 16.9 Å². The molecular weight excluding hydrogens is 342 g/mol. The first-order valence-electron chi connectivity index (χ1n) is 5.70. The van der Waals surface area contributed by atoms with Crippen LogP contribution < -0.4 is 0 Å². The first-order chi connectivity index (χ1) is 9.65. The van der Waals surface area contributed by atoms with Gasteiger partial charge in [0.1, 0.15) is 4.88 Å². The van der Waals surface area contributed by atoms with Gasteiger partial charge in [-0.2, -0.15) is 0 Å². The van der Waals surface area contributed by atoms with E-state index in [4.69, 9.17) is 4.42 Å². The number of carboxylic acids is 1. The predicted molar refractivity (Wildman–Crippen MR) is 79.9 cm³/mol. The van der Waals surface area contributed by atoms with Crippen molar-refractivity contribution >= 4 is 33.2 Å². The van der Waals surface area contributed by atoms with Gasteiger partial charge in [0.2, 0.25) is 0 Å². The molecule has 4 nitrogen and oxygen atoms in total. The summed E-state index contributed by atoms with van der Waals surface area (Å²) in [6.07, 6.45) is 0. The molecule has 0 aliphatic carbocycles. The number of rotatable bonds is 3. The van der Waals surface area contributed by atoms with Crippen LogP contribution in [0.4, 0.5) is 0 Å². The van der Waals surface area contributed by atoms with Crippen molar-refractivity contribution in [3.05, 3.63) is 52.0 Å². The number of hydrogen-bond donors (Lipinski definition) is 1. The number of hydrogen-bond acceptors (Lipinski definition) is 4. The lowest BCUT2D eigenvalue weighted by Crippen LogP contribution is -1.95. The van der Waals surface area contributed by atoms with Crippen LogP contribution in [-0.2, 0) is 0 Å². The molecule has 2 heterocycles. The van der Waals surface area contributed by atoms with Crippen molar-refractivity contribution in [2.45, 2.75) is 0 Å². The Morgan fingerprint density at radius 1 is 1.20 bits per heavy atom. The summed E-state index contributed by atoms with van der Waals surface area (Å²) in [5, 5.41) is 9.87. The van der Waals surface area contributed by atoms with Gasteiger partial charge in [-0.15, -0.1) is 11.3 Å². The number of aromatic nitrogens is 1. The fourth-order valence-electron chi connectivity index (χ4n) is 1.79. The molecule has 0 atom stereocenters. The molecule has 0 aliphatic rings. The van der Waals surface area contributed by atoms with E-state index in [1.807, 2.05) is 30.3 Å². The molecule has 3 aromatic rings. The number of thiazole rings is 1. The summed E-state index contributed by atoms with van der Waals surface area (Å²) in [5.74, 6) is -0.440. The molecule has 0 spiro atoms. The van der Waals surface area contributed by atoms with Crippen LogP contribution in [0, 0.1) is 0 Å². The molecular formula is C14H8BrNO3S. The number of benzene rings is 1. The topological polar surface area (TPSA) is 63.3 Å². The standard InChI is InChI=1S/C14H8BrNO3S/c15-10-7-6-9(19-10)13-16-11(12(20-13)14(17)18)8-4-2-1-3-5-8/h1-7H,(H,17,18). The maximum Gasteiger partial charge on any atom is 0.348 e. The predicted octanol–water partition coefficient (Wildman–Crippen LogP) is 4.53. The Morgan fingerprint density at radius 3 is 2.55 bits per heavy atom. The summed E-state index contributed by atoms with van der Waals surface area (Å²) in [7, 11) is 0. The fourth-order valence-corrected chi connectivity index (χ4v) is 2.99. The minimum Gasteiger partial charge on any atom is -0.477 e. The van der Waals surface area contributed by atoms with E-state index in [2.05, 4.69) is 20.9 Å². The molecule has 6 heteroatoms. The normalized spacial score (nSPS) is 10.7. The van der Waals surface area contributed by atoms with Crippen LogP contribution in [0.25, 0.3) is 22.0 Å². The minimum atomic E-state index is -0.988. The lowest BCUT2D eigenvalue weighted by atomic mass is 10.1. The summed E-state index contributed by atoms with van der Waals surface area (Å²) < 4.78 is 6.01. The molecule has 0 radical (unpaired) electrons. The molecule has 2 aromatic heterocycles. The highest BCUT2D eigenvalue weighted by Crippen LogP contribution is 2.35. The SMILES string of the molecule is O=C(O)c1sc(-c2ccc(Br)o2)nc1-c1ccccc1. The van der Waals surface area contributed by atoms with E-state index in [-0.39, 0.29) is 4.88 Å². The summed E-state index contributed by atoms with van der Waals surface area (Å²) in [6.45, 7) is 0. The maximum atomic E-state index is 11.4. The number of furan rings is 1. The van der Waals surface area contributed by atoms with Gasteiger partial charge in [0, 0.05) is 5.56 Å². The van der Waals surface area contributed by atoms with Crippen LogP contribution in [0.3, 0.4) is 0 Å². The first-order valence-corrected chi connectivity index (χ1v) is 7.31. The Morgan fingerprint density at radius 2 is 1.95 bits per heavy atom. The Labute approximate surface area is 126 Å². The highest BCUT2D eigenvalue weighted by molar-refractivity contribution is 9.10. The largest absolute Gasteiger partial charge is 0.477 e. The van der Waals surface area contributed by atoms with Gasteiger partial charge in [-0.05, 0) is 28.1 Å². The second-order valence-electron chi connectivity index (χ2n) is 3.97. The van der Waals surface area contributed by atoms with E-state index in [1.54, 1.807) is 12.1 Å². The van der Waals surface area contributed by atoms with Crippen LogP contribution in [0.5, 0.6) is 0 Å². The monoisotopic (exact) mass is 349 g/mol. The Kier molecular flexibility index (Phi) is 3.42. The minimum absolute atomic E-state index is 0.207. The van der Waals surface area contributed by atoms with Gasteiger partial charge in [-0.3, -0.25) is 0 Å². The van der Waals surface area contributed by atoms with E-state index in [9.17, 15) is 9.90 Å². The summed E-state index contributed by atoms with van der Waals surface area (Å²) in [4.78, 5) is 16.0. The highest BCUT2D eigenvalue weighted by Gasteiger charge is 2.20. The molecule has 0 amide bonds. The number of aromatic carboxylic acids is 1. The van der Waals surface area contributed by atoms with E-state index in [0.29, 0.717) is 21.1 Å². The zero-order valence-electron chi connectivity index (χ0n) is 10.0. The Balaban J connectivity index is 2.15. The highest BCUT2D eigenvalue weighted by atomic mass is 79.9. The third-order valence-electron chi connectivity index (χ3n) is 2.65. The van der Waals surface area contributed by atoms with Gasteiger partial charge in [-0.1, -0.05) is 30.3 Å². The third kappa shape index (κ3) is 2.39. The molecule has 0 saturated carbocycles. The van der Waals surface area contributed by atoms with Crippen LogP contribution in [0.15, 0.2) is 51.6 Å². The van der Waals surface area contributed by atoms with Crippen molar-refractivity contribution in [2.75, 3.05) is 0 Å². The summed E-state index contributed by atoms with van der Waals surface area (Å²) >= 11 is 4.33. The Hall–Kier alpha value is -1.92. The van der Waals surface area contributed by atoms with Crippen molar-refractivity contribution in [1.29, 1.82) is 0 Å². The number of carboxylic acid groups (broad SMARTS) is 1. The van der Waals surface area contributed by atoms with Gasteiger partial charge in [0.05, 0.1) is 5.69 Å². The molecule has 20 heavy (non-hydrogen) atoms. The quantitative estimate of drug-likeness (QED) is 0.754. The molecule has 0 unspecified atom stereocenters. The molecule has 3 rings (SSSR count). The van der Waals surface area contributed by atoms with Crippen molar-refractivity contribution in [2.24, 2.45) is 0 Å². The molecule has 1 aromatic carbocycles. The van der Waals surface area contributed by atoms with Gasteiger partial charge >= 0.3 is 5.97 Å². The average molecular weight is 350 g/mol. The van der Waals surface area contributed by atoms with Gasteiger partial charge in [0.15, 0.2) is 15.4 Å². The lowest BCUT2D eigenvalue weighted by Gasteiger charge is -1.97. The third-order valence-corrected chi connectivity index (χ3v) is 4.14. The molecule has 1 N–H and O–H groups in total. The molecule has 0 saturated heterocycles. The number of halogens is 1. The molecule has 100 valence electrons. The molecule has 0 fully saturated rings. The first kappa shape index (κ1) is 13.1. The van der Waals surface area contributed by atoms with Crippen molar-refractivity contribution in [1.82, 2.24) is 4.98 Å². The van der Waals surface area contributed by atoms with Crippen molar-refractivity contribution in [3.63, 3.8) is 0 Å². The summed E-state index contributed by atoms with van der Waals surface area (Å²) in [5.41, 5.74) is 1.24. The maximum absolute atomic E-state index is 11.4. The smallest absolute Gasteiger partial charge is 0.348 e. The zero-order chi connectivity index (χ0) is 14.1. The van der Waals surface area contributed by atoms with Crippen LogP contribution >= 0.6 is 27.3 Å². The molecule has 0 aliphatic heterocycles. The number of nitrogens with zero attached hydrogens (tertiary/aromatic N) is 1. The van der Waals surface area contributed by atoms with E-state index >= 15 is 0 Å². The van der Waals surface area contributed by atoms with Crippen molar-refractivity contribution < 1.29 is 14.3 Å². The van der Waals surface area contributed by atoms with E-state index < -0.39 is 5.97 Å². The van der Waals surface area contributed by atoms with Gasteiger partial charge < -0.3 is 9.52 Å². The number of carbonyl (C=O) groups is 1. The second-order valence-corrected chi connectivity index (χ2v) is 5.75. The van der Waals surface area contributed by atoms with E-state index in [1.165, 1.54) is 0 Å². The van der Waals surface area contributed by atoms with Crippen LogP contribution in [0.2, 0.25) is 0 Å².